The second-order valence-electron chi connectivity index (χ2n) is 4.82. The van der Waals surface area contributed by atoms with Gasteiger partial charge in [0.2, 0.25) is 0 Å². The van der Waals surface area contributed by atoms with Crippen LogP contribution in [0.5, 0.6) is 0 Å². The third kappa shape index (κ3) is 4.24. The number of ether oxygens (including phenoxy) is 1. The van der Waals surface area contributed by atoms with Gasteiger partial charge in [0.15, 0.2) is 0 Å². The molecule has 1 saturated heterocycles. The molecule has 1 aliphatic carbocycles. The molecule has 0 radical (unpaired) electrons. The zero-order valence-corrected chi connectivity index (χ0v) is 10.2. The molecule has 0 unspecified atom stereocenters. The average molecular weight is 224 g/mol. The van der Waals surface area contributed by atoms with Gasteiger partial charge in [-0.2, -0.15) is 0 Å². The molecule has 0 aromatic rings. The Morgan fingerprint density at radius 2 is 1.94 bits per heavy atom. The molecule has 3 nitrogen and oxygen atoms in total. The van der Waals surface area contributed by atoms with Gasteiger partial charge in [0.25, 0.3) is 0 Å². The van der Waals surface area contributed by atoms with Crippen molar-refractivity contribution >= 4 is 0 Å². The van der Waals surface area contributed by atoms with E-state index in [0.717, 1.165) is 38.8 Å². The Morgan fingerprint density at radius 3 is 2.69 bits per heavy atom. The standard InChI is InChI=1S/C13H24N2O/c1-2-5-13(4-1)12-14-6-3-7-15-8-10-16-11-9-15/h1-2,13-14H,3-12H2. The zero-order chi connectivity index (χ0) is 11.1. The predicted octanol–water partition coefficient (Wildman–Crippen LogP) is 1.26. The second-order valence-corrected chi connectivity index (χ2v) is 4.82. The Morgan fingerprint density at radius 1 is 1.19 bits per heavy atom. The van der Waals surface area contributed by atoms with Crippen LogP contribution < -0.4 is 5.32 Å². The van der Waals surface area contributed by atoms with Crippen LogP contribution in [0.4, 0.5) is 0 Å². The molecule has 0 amide bonds. The summed E-state index contributed by atoms with van der Waals surface area (Å²) in [4.78, 5) is 2.50. The van der Waals surface area contributed by atoms with Gasteiger partial charge < -0.3 is 10.1 Å². The quantitative estimate of drug-likeness (QED) is 0.543. The molecule has 0 saturated carbocycles. The molecule has 2 aliphatic rings. The van der Waals surface area contributed by atoms with Crippen LogP contribution in [-0.4, -0.2) is 50.8 Å². The molecule has 0 spiro atoms. The van der Waals surface area contributed by atoms with Gasteiger partial charge in [0, 0.05) is 13.1 Å². The van der Waals surface area contributed by atoms with Crippen molar-refractivity contribution in [3.63, 3.8) is 0 Å². The summed E-state index contributed by atoms with van der Waals surface area (Å²) in [5, 5.41) is 3.57. The minimum absolute atomic E-state index is 0.864. The first-order valence-electron chi connectivity index (χ1n) is 6.61. The molecule has 16 heavy (non-hydrogen) atoms. The van der Waals surface area contributed by atoms with Crippen LogP contribution in [0.2, 0.25) is 0 Å². The third-order valence-electron chi connectivity index (χ3n) is 3.47. The zero-order valence-electron chi connectivity index (χ0n) is 10.2. The Hall–Kier alpha value is -0.380. The predicted molar refractivity (Wildman–Crippen MR) is 66.6 cm³/mol. The number of rotatable bonds is 6. The highest BCUT2D eigenvalue weighted by molar-refractivity contribution is 4.94. The van der Waals surface area contributed by atoms with Crippen LogP contribution >= 0.6 is 0 Å². The lowest BCUT2D eigenvalue weighted by Crippen LogP contribution is -2.38. The first-order chi connectivity index (χ1) is 7.95. The Labute approximate surface area is 98.8 Å². The fourth-order valence-corrected chi connectivity index (χ4v) is 2.40. The minimum atomic E-state index is 0.864. The third-order valence-corrected chi connectivity index (χ3v) is 3.47. The van der Waals surface area contributed by atoms with Crippen molar-refractivity contribution in [2.75, 3.05) is 45.9 Å². The smallest absolute Gasteiger partial charge is 0.0594 e. The highest BCUT2D eigenvalue weighted by atomic mass is 16.5. The van der Waals surface area contributed by atoms with E-state index in [1.165, 1.54) is 32.4 Å². The van der Waals surface area contributed by atoms with Crippen LogP contribution in [0.3, 0.4) is 0 Å². The van der Waals surface area contributed by atoms with Crippen LogP contribution in [0.1, 0.15) is 19.3 Å². The first kappa shape index (κ1) is 12.1. The van der Waals surface area contributed by atoms with E-state index in [9.17, 15) is 0 Å². The molecule has 0 aromatic heterocycles. The fourth-order valence-electron chi connectivity index (χ4n) is 2.40. The van der Waals surface area contributed by atoms with E-state index in [1.807, 2.05) is 0 Å². The molecule has 92 valence electrons. The van der Waals surface area contributed by atoms with E-state index in [1.54, 1.807) is 0 Å². The summed E-state index contributed by atoms with van der Waals surface area (Å²) in [5.74, 6) is 0.864. The van der Waals surface area contributed by atoms with Crippen LogP contribution in [0.25, 0.3) is 0 Å². The molecule has 1 fully saturated rings. The number of hydrogen-bond donors (Lipinski definition) is 1. The normalized spacial score (nSPS) is 23.0. The molecule has 0 atom stereocenters. The lowest BCUT2D eigenvalue weighted by atomic mass is 10.1. The van der Waals surface area contributed by atoms with Gasteiger partial charge in [-0.1, -0.05) is 12.2 Å². The molecule has 2 rings (SSSR count). The van der Waals surface area contributed by atoms with Gasteiger partial charge in [0.05, 0.1) is 13.2 Å². The number of nitrogens with one attached hydrogen (secondary N) is 1. The van der Waals surface area contributed by atoms with E-state index >= 15 is 0 Å². The van der Waals surface area contributed by atoms with Crippen LogP contribution in [0, 0.1) is 5.92 Å². The molecular weight excluding hydrogens is 200 g/mol. The van der Waals surface area contributed by atoms with Gasteiger partial charge in [-0.15, -0.1) is 0 Å². The number of morpholine rings is 1. The Balaban J connectivity index is 1.42. The van der Waals surface area contributed by atoms with Crippen molar-refractivity contribution in [1.82, 2.24) is 10.2 Å². The highest BCUT2D eigenvalue weighted by Gasteiger charge is 2.10. The fraction of sp³-hybridized carbons (Fsp3) is 0.846. The Kier molecular flexibility index (Phi) is 5.32. The summed E-state index contributed by atoms with van der Waals surface area (Å²) in [6.45, 7) is 7.64. The van der Waals surface area contributed by atoms with E-state index in [2.05, 4.69) is 22.4 Å². The molecule has 0 bridgehead atoms. The summed E-state index contributed by atoms with van der Waals surface area (Å²) in [6, 6.07) is 0. The molecule has 1 aliphatic heterocycles. The summed E-state index contributed by atoms with van der Waals surface area (Å²) in [7, 11) is 0. The van der Waals surface area contributed by atoms with Crippen molar-refractivity contribution < 1.29 is 4.74 Å². The summed E-state index contributed by atoms with van der Waals surface area (Å²) >= 11 is 0. The van der Waals surface area contributed by atoms with Gasteiger partial charge in [0.1, 0.15) is 0 Å². The van der Waals surface area contributed by atoms with Crippen molar-refractivity contribution in [1.29, 1.82) is 0 Å². The van der Waals surface area contributed by atoms with Crippen molar-refractivity contribution in [2.45, 2.75) is 19.3 Å². The first-order valence-corrected chi connectivity index (χ1v) is 6.61. The lowest BCUT2D eigenvalue weighted by Gasteiger charge is -2.26. The van der Waals surface area contributed by atoms with Crippen LogP contribution in [0.15, 0.2) is 12.2 Å². The van der Waals surface area contributed by atoms with Crippen molar-refractivity contribution in [2.24, 2.45) is 5.92 Å². The Bertz CT molecular complexity index is 204. The number of allylic oxidation sites excluding steroid dienone is 2. The minimum Gasteiger partial charge on any atom is -0.379 e. The van der Waals surface area contributed by atoms with Crippen molar-refractivity contribution in [3.05, 3.63) is 12.2 Å². The van der Waals surface area contributed by atoms with Gasteiger partial charge in [-0.25, -0.2) is 0 Å². The monoisotopic (exact) mass is 224 g/mol. The maximum absolute atomic E-state index is 5.33. The molecular formula is C13H24N2O. The van der Waals surface area contributed by atoms with E-state index in [4.69, 9.17) is 4.74 Å². The van der Waals surface area contributed by atoms with Gasteiger partial charge >= 0.3 is 0 Å². The summed E-state index contributed by atoms with van der Waals surface area (Å²) < 4.78 is 5.33. The second kappa shape index (κ2) is 7.05. The largest absolute Gasteiger partial charge is 0.379 e. The van der Waals surface area contributed by atoms with E-state index in [0.29, 0.717) is 0 Å². The molecule has 3 heteroatoms. The maximum Gasteiger partial charge on any atom is 0.0594 e. The SMILES string of the molecule is C1=CCC(CNCCCN2CCOCC2)C1. The molecule has 1 N–H and O–H groups in total. The topological polar surface area (TPSA) is 24.5 Å². The summed E-state index contributed by atoms with van der Waals surface area (Å²) in [6.07, 6.45) is 8.42. The van der Waals surface area contributed by atoms with Crippen LogP contribution in [-0.2, 0) is 4.74 Å². The van der Waals surface area contributed by atoms with Gasteiger partial charge in [-0.05, 0) is 44.8 Å². The lowest BCUT2D eigenvalue weighted by molar-refractivity contribution is 0.0374. The highest BCUT2D eigenvalue weighted by Crippen LogP contribution is 2.16. The van der Waals surface area contributed by atoms with E-state index in [-0.39, 0.29) is 0 Å². The van der Waals surface area contributed by atoms with E-state index < -0.39 is 0 Å². The maximum atomic E-state index is 5.33. The molecule has 0 aromatic carbocycles. The summed E-state index contributed by atoms with van der Waals surface area (Å²) in [5.41, 5.74) is 0. The average Bonchev–Trinajstić information content (AvgIpc) is 2.83. The number of nitrogens with zero attached hydrogens (tertiary/aromatic N) is 1. The van der Waals surface area contributed by atoms with Crippen molar-refractivity contribution in [3.8, 4) is 0 Å². The van der Waals surface area contributed by atoms with Gasteiger partial charge in [-0.3, -0.25) is 4.90 Å². The number of hydrogen-bond acceptors (Lipinski definition) is 3. The molecule has 1 heterocycles.